The quantitative estimate of drug-likeness (QED) is 0.647. The van der Waals surface area contributed by atoms with Crippen LogP contribution in [0.5, 0.6) is 0 Å². The van der Waals surface area contributed by atoms with Crippen LogP contribution in [-0.2, 0) is 11.3 Å². The summed E-state index contributed by atoms with van der Waals surface area (Å²) < 4.78 is 2.74. The summed E-state index contributed by atoms with van der Waals surface area (Å²) >= 11 is 12.3. The van der Waals surface area contributed by atoms with E-state index in [1.807, 2.05) is 0 Å². The molecule has 2 heterocycles. The maximum atomic E-state index is 12.3. The number of hydrogen-bond acceptors (Lipinski definition) is 5. The first-order chi connectivity index (χ1) is 12.8. The Morgan fingerprint density at radius 2 is 1.93 bits per heavy atom. The van der Waals surface area contributed by atoms with Crippen LogP contribution >= 0.6 is 23.2 Å². The molecule has 3 aromatic rings. The molecule has 0 fully saturated rings. The first-order valence-corrected chi connectivity index (χ1v) is 8.52. The molecule has 0 aliphatic heterocycles. The molecule has 1 unspecified atom stereocenters. The molecule has 0 aliphatic rings. The Morgan fingerprint density at radius 3 is 2.56 bits per heavy atom. The van der Waals surface area contributed by atoms with E-state index in [0.717, 1.165) is 0 Å². The highest BCUT2D eigenvalue weighted by Crippen LogP contribution is 2.25. The highest BCUT2D eigenvalue weighted by molar-refractivity contribution is 6.35. The van der Waals surface area contributed by atoms with Crippen LogP contribution < -0.4 is 5.32 Å². The lowest BCUT2D eigenvalue weighted by atomic mass is 10.2. The average molecular weight is 409 g/mol. The Labute approximate surface area is 163 Å². The fourth-order valence-electron chi connectivity index (χ4n) is 2.28. The SMILES string of the molecule is CC(C(=O)Nc1ncn(Cc2c(Cl)cccc2Cl)n1)n1ccc(C(=O)O)n1. The van der Waals surface area contributed by atoms with Gasteiger partial charge in [-0.15, -0.1) is 5.10 Å². The molecular weight excluding hydrogens is 395 g/mol. The fraction of sp³-hybridized carbons (Fsp3) is 0.188. The smallest absolute Gasteiger partial charge is 0.356 e. The summed E-state index contributed by atoms with van der Waals surface area (Å²) in [6.45, 7) is 1.87. The van der Waals surface area contributed by atoms with Gasteiger partial charge in [0.2, 0.25) is 5.95 Å². The number of halogens is 2. The predicted octanol–water partition coefficient (Wildman–Crippen LogP) is 2.73. The van der Waals surface area contributed by atoms with Crippen molar-refractivity contribution < 1.29 is 14.7 Å². The molecule has 2 aromatic heterocycles. The standard InChI is InChI=1S/C16H14Cl2N6O3/c1-9(24-6-5-13(21-24)15(26)27)14(25)20-16-19-8-23(22-16)7-10-11(17)3-2-4-12(10)18/h2-6,8-9H,7H2,1H3,(H,26,27)(H,20,22,25). The van der Waals surface area contributed by atoms with Gasteiger partial charge < -0.3 is 5.11 Å². The highest BCUT2D eigenvalue weighted by atomic mass is 35.5. The fourth-order valence-corrected chi connectivity index (χ4v) is 2.79. The zero-order chi connectivity index (χ0) is 19.6. The summed E-state index contributed by atoms with van der Waals surface area (Å²) in [5, 5.41) is 20.5. The number of amides is 1. The van der Waals surface area contributed by atoms with Crippen molar-refractivity contribution in [3.8, 4) is 0 Å². The molecule has 0 bridgehead atoms. The number of anilines is 1. The molecule has 1 aromatic carbocycles. The summed E-state index contributed by atoms with van der Waals surface area (Å²) in [4.78, 5) is 27.2. The van der Waals surface area contributed by atoms with Gasteiger partial charge in [-0.2, -0.15) is 5.10 Å². The summed E-state index contributed by atoms with van der Waals surface area (Å²) in [5.74, 6) is -1.51. The predicted molar refractivity (Wildman–Crippen MR) is 98.1 cm³/mol. The molecule has 2 N–H and O–H groups in total. The van der Waals surface area contributed by atoms with Gasteiger partial charge in [0.25, 0.3) is 5.91 Å². The molecule has 0 aliphatic carbocycles. The Kier molecular flexibility index (Phi) is 5.43. The topological polar surface area (TPSA) is 115 Å². The summed E-state index contributed by atoms with van der Waals surface area (Å²) in [6, 6.07) is 5.75. The molecule has 0 radical (unpaired) electrons. The summed E-state index contributed by atoms with van der Waals surface area (Å²) in [6.07, 6.45) is 2.86. The number of nitrogens with one attached hydrogen (secondary N) is 1. The van der Waals surface area contributed by atoms with Crippen LogP contribution in [0, 0.1) is 0 Å². The van der Waals surface area contributed by atoms with Crippen molar-refractivity contribution in [2.75, 3.05) is 5.32 Å². The largest absolute Gasteiger partial charge is 0.476 e. The lowest BCUT2D eigenvalue weighted by molar-refractivity contribution is -0.119. The zero-order valence-electron chi connectivity index (χ0n) is 14.0. The van der Waals surface area contributed by atoms with E-state index >= 15 is 0 Å². The number of carbonyl (C=O) groups is 2. The number of carboxylic acids is 1. The van der Waals surface area contributed by atoms with Gasteiger partial charge in [0, 0.05) is 21.8 Å². The van der Waals surface area contributed by atoms with Crippen molar-refractivity contribution in [2.45, 2.75) is 19.5 Å². The lowest BCUT2D eigenvalue weighted by Gasteiger charge is -2.10. The van der Waals surface area contributed by atoms with E-state index < -0.39 is 17.9 Å². The number of nitrogens with zero attached hydrogens (tertiary/aromatic N) is 5. The van der Waals surface area contributed by atoms with E-state index in [1.54, 1.807) is 25.1 Å². The van der Waals surface area contributed by atoms with Crippen LogP contribution in [0.15, 0.2) is 36.8 Å². The number of rotatable bonds is 6. The van der Waals surface area contributed by atoms with Crippen molar-refractivity contribution in [1.29, 1.82) is 0 Å². The van der Waals surface area contributed by atoms with E-state index in [4.69, 9.17) is 28.3 Å². The first-order valence-electron chi connectivity index (χ1n) is 7.77. The van der Waals surface area contributed by atoms with Crippen molar-refractivity contribution >= 4 is 41.0 Å². The number of aromatic nitrogens is 5. The van der Waals surface area contributed by atoms with E-state index in [2.05, 4.69) is 20.5 Å². The Balaban J connectivity index is 1.67. The first kappa shape index (κ1) is 18.9. The maximum absolute atomic E-state index is 12.3. The van der Waals surface area contributed by atoms with Crippen LogP contribution in [0.3, 0.4) is 0 Å². The molecule has 0 spiro atoms. The second-order valence-electron chi connectivity index (χ2n) is 5.62. The monoisotopic (exact) mass is 408 g/mol. The minimum absolute atomic E-state index is 0.0978. The number of benzene rings is 1. The number of hydrogen-bond donors (Lipinski definition) is 2. The molecule has 11 heteroatoms. The van der Waals surface area contributed by atoms with Crippen LogP contribution in [0.1, 0.15) is 29.0 Å². The maximum Gasteiger partial charge on any atom is 0.356 e. The van der Waals surface area contributed by atoms with Gasteiger partial charge in [-0.05, 0) is 25.1 Å². The Morgan fingerprint density at radius 1 is 1.22 bits per heavy atom. The van der Waals surface area contributed by atoms with Gasteiger partial charge in [-0.1, -0.05) is 29.3 Å². The second-order valence-corrected chi connectivity index (χ2v) is 6.43. The van der Waals surface area contributed by atoms with E-state index in [9.17, 15) is 9.59 Å². The van der Waals surface area contributed by atoms with Crippen molar-refractivity contribution in [1.82, 2.24) is 24.5 Å². The second kappa shape index (κ2) is 7.77. The normalized spacial score (nSPS) is 12.0. The van der Waals surface area contributed by atoms with Crippen molar-refractivity contribution in [3.05, 3.63) is 58.1 Å². The Hall–Kier alpha value is -2.91. The Bertz CT molecular complexity index is 979. The van der Waals surface area contributed by atoms with Gasteiger partial charge in [0.15, 0.2) is 5.69 Å². The highest BCUT2D eigenvalue weighted by Gasteiger charge is 2.19. The number of aromatic carboxylic acids is 1. The van der Waals surface area contributed by atoms with Crippen molar-refractivity contribution in [3.63, 3.8) is 0 Å². The van der Waals surface area contributed by atoms with Crippen LogP contribution in [-0.4, -0.2) is 41.5 Å². The molecule has 0 saturated heterocycles. The van der Waals surface area contributed by atoms with E-state index in [-0.39, 0.29) is 18.2 Å². The van der Waals surface area contributed by atoms with Gasteiger partial charge in [0.1, 0.15) is 12.4 Å². The molecule has 1 amide bonds. The van der Waals surface area contributed by atoms with Crippen LogP contribution in [0.4, 0.5) is 5.95 Å². The molecule has 140 valence electrons. The van der Waals surface area contributed by atoms with Crippen LogP contribution in [0.25, 0.3) is 0 Å². The third kappa shape index (κ3) is 4.26. The minimum Gasteiger partial charge on any atom is -0.476 e. The third-order valence-corrected chi connectivity index (χ3v) is 4.47. The number of carboxylic acid groups (broad SMARTS) is 1. The van der Waals surface area contributed by atoms with Gasteiger partial charge >= 0.3 is 5.97 Å². The van der Waals surface area contributed by atoms with Gasteiger partial charge in [-0.3, -0.25) is 14.8 Å². The van der Waals surface area contributed by atoms with E-state index in [1.165, 1.54) is 28.0 Å². The molecular formula is C16H14Cl2N6O3. The lowest BCUT2D eigenvalue weighted by Crippen LogP contribution is -2.25. The molecule has 0 saturated carbocycles. The minimum atomic E-state index is -1.17. The van der Waals surface area contributed by atoms with Crippen LogP contribution in [0.2, 0.25) is 10.0 Å². The zero-order valence-corrected chi connectivity index (χ0v) is 15.5. The molecule has 27 heavy (non-hydrogen) atoms. The number of carbonyl (C=O) groups excluding carboxylic acids is 1. The van der Waals surface area contributed by atoms with Gasteiger partial charge in [0.05, 0.1) is 6.54 Å². The molecule has 3 rings (SSSR count). The van der Waals surface area contributed by atoms with Gasteiger partial charge in [-0.25, -0.2) is 14.5 Å². The summed E-state index contributed by atoms with van der Waals surface area (Å²) in [7, 11) is 0. The van der Waals surface area contributed by atoms with E-state index in [0.29, 0.717) is 15.6 Å². The molecule has 1 atom stereocenters. The summed E-state index contributed by atoms with van der Waals surface area (Å²) in [5.41, 5.74) is 0.545. The average Bonchev–Trinajstić information content (AvgIpc) is 3.27. The van der Waals surface area contributed by atoms with Crippen molar-refractivity contribution in [2.24, 2.45) is 0 Å². The molecule has 9 nitrogen and oxygen atoms in total. The third-order valence-electron chi connectivity index (χ3n) is 3.76.